The van der Waals surface area contributed by atoms with Crippen molar-refractivity contribution in [1.82, 2.24) is 9.55 Å². The first kappa shape index (κ1) is 21.2. The number of carbonyl (C=O) groups is 1. The van der Waals surface area contributed by atoms with Crippen LogP contribution >= 0.6 is 0 Å². The highest BCUT2D eigenvalue weighted by Crippen LogP contribution is 2.32. The van der Waals surface area contributed by atoms with E-state index in [4.69, 9.17) is 9.47 Å². The number of benzene rings is 1. The Morgan fingerprint density at radius 1 is 1.31 bits per heavy atom. The lowest BCUT2D eigenvalue weighted by Gasteiger charge is -2.23. The smallest absolute Gasteiger partial charge is 0.351 e. The Kier molecular flexibility index (Phi) is 6.79. The number of carbonyl (C=O) groups excluding carboxylic acids is 1. The number of hydrogen-bond donors (Lipinski definition) is 2. The summed E-state index contributed by atoms with van der Waals surface area (Å²) in [7, 11) is 0. The van der Waals surface area contributed by atoms with Crippen molar-refractivity contribution in [2.75, 3.05) is 11.9 Å². The van der Waals surface area contributed by atoms with Crippen molar-refractivity contribution >= 4 is 11.7 Å². The highest BCUT2D eigenvalue weighted by Gasteiger charge is 2.45. The van der Waals surface area contributed by atoms with Gasteiger partial charge in [0.05, 0.1) is 6.10 Å². The Bertz CT molecular complexity index is 883. The molecule has 8 nitrogen and oxygen atoms in total. The van der Waals surface area contributed by atoms with Crippen LogP contribution in [-0.2, 0) is 9.47 Å². The fourth-order valence-electron chi connectivity index (χ4n) is 3.22. The third-order valence-electron chi connectivity index (χ3n) is 4.72. The highest BCUT2D eigenvalue weighted by molar-refractivity contribution is 6.03. The Hall–Kier alpha value is -2.55. The summed E-state index contributed by atoms with van der Waals surface area (Å²) in [5.74, 6) is 0.0614. The van der Waals surface area contributed by atoms with Crippen LogP contribution in [0.25, 0.3) is 0 Å². The van der Waals surface area contributed by atoms with Crippen LogP contribution in [0.5, 0.6) is 0 Å². The van der Waals surface area contributed by atoms with Crippen LogP contribution in [0.3, 0.4) is 0 Å². The van der Waals surface area contributed by atoms with Gasteiger partial charge in [0, 0.05) is 18.4 Å². The molecule has 1 aliphatic heterocycles. The minimum atomic E-state index is -0.840. The molecule has 2 N–H and O–H groups in total. The summed E-state index contributed by atoms with van der Waals surface area (Å²) in [6.07, 6.45) is -0.641. The number of amides is 1. The number of nitrogens with zero attached hydrogens (tertiary/aromatic N) is 2. The maximum absolute atomic E-state index is 12.6. The number of aliphatic hydroxyl groups excluding tert-OH is 1. The lowest BCUT2D eigenvalue weighted by atomic mass is 10.1. The van der Waals surface area contributed by atoms with E-state index in [1.165, 1.54) is 16.8 Å². The zero-order valence-corrected chi connectivity index (χ0v) is 16.8. The molecule has 0 radical (unpaired) electrons. The molecule has 1 unspecified atom stereocenters. The molecule has 1 saturated heterocycles. The molecule has 1 fully saturated rings. The number of rotatable bonds is 7. The van der Waals surface area contributed by atoms with E-state index in [-0.39, 0.29) is 17.6 Å². The molecular formula is C21H27N3O5. The Labute approximate surface area is 169 Å². The zero-order valence-electron chi connectivity index (χ0n) is 16.8. The van der Waals surface area contributed by atoms with Gasteiger partial charge in [-0.3, -0.25) is 9.36 Å². The first-order valence-electron chi connectivity index (χ1n) is 9.81. The summed E-state index contributed by atoms with van der Waals surface area (Å²) < 4.78 is 13.0. The van der Waals surface area contributed by atoms with Crippen molar-refractivity contribution in [2.24, 2.45) is 5.92 Å². The predicted molar refractivity (Wildman–Crippen MR) is 108 cm³/mol. The van der Waals surface area contributed by atoms with E-state index in [1.807, 2.05) is 26.8 Å². The van der Waals surface area contributed by atoms with E-state index in [1.54, 1.807) is 24.3 Å². The van der Waals surface area contributed by atoms with Crippen LogP contribution in [0.1, 0.15) is 43.8 Å². The summed E-state index contributed by atoms with van der Waals surface area (Å²) in [6, 6.07) is 10.2. The number of nitrogens with one attached hydrogen (secondary N) is 1. The van der Waals surface area contributed by atoms with E-state index in [9.17, 15) is 14.7 Å². The number of anilines is 1. The van der Waals surface area contributed by atoms with Crippen molar-refractivity contribution in [3.63, 3.8) is 0 Å². The van der Waals surface area contributed by atoms with Crippen molar-refractivity contribution in [3.8, 4) is 0 Å². The molecule has 2 aromatic rings. The van der Waals surface area contributed by atoms with Gasteiger partial charge in [-0.15, -0.1) is 0 Å². The molecule has 1 aliphatic rings. The number of aliphatic hydroxyl groups is 1. The maximum atomic E-state index is 12.6. The molecule has 0 spiro atoms. The van der Waals surface area contributed by atoms with E-state index in [0.29, 0.717) is 18.6 Å². The lowest BCUT2D eigenvalue weighted by molar-refractivity contribution is -0.0767. The van der Waals surface area contributed by atoms with Gasteiger partial charge in [-0.1, -0.05) is 39.0 Å². The van der Waals surface area contributed by atoms with Crippen LogP contribution < -0.4 is 11.0 Å². The van der Waals surface area contributed by atoms with Crippen LogP contribution in [-0.4, -0.2) is 45.5 Å². The quantitative estimate of drug-likeness (QED) is 0.737. The molecular weight excluding hydrogens is 374 g/mol. The second-order valence-corrected chi connectivity index (χ2v) is 7.48. The maximum Gasteiger partial charge on any atom is 0.351 e. The van der Waals surface area contributed by atoms with Crippen molar-refractivity contribution < 1.29 is 19.4 Å². The average molecular weight is 401 g/mol. The van der Waals surface area contributed by atoms with Crippen molar-refractivity contribution in [3.05, 3.63) is 58.6 Å². The molecule has 0 bridgehead atoms. The number of ether oxygens (including phenoxy) is 2. The van der Waals surface area contributed by atoms with Gasteiger partial charge in [0.1, 0.15) is 18.0 Å². The van der Waals surface area contributed by atoms with Gasteiger partial charge in [0.2, 0.25) is 0 Å². The molecule has 4 atom stereocenters. The molecule has 3 rings (SSSR count). The highest BCUT2D eigenvalue weighted by atomic mass is 16.6. The van der Waals surface area contributed by atoms with Gasteiger partial charge in [0.15, 0.2) is 6.23 Å². The lowest BCUT2D eigenvalue weighted by Crippen LogP contribution is -2.38. The third kappa shape index (κ3) is 4.90. The number of aromatic nitrogens is 2. The zero-order chi connectivity index (χ0) is 21.0. The Morgan fingerprint density at radius 3 is 2.66 bits per heavy atom. The fourth-order valence-corrected chi connectivity index (χ4v) is 3.22. The van der Waals surface area contributed by atoms with Crippen molar-refractivity contribution in [2.45, 2.75) is 51.7 Å². The second kappa shape index (κ2) is 9.30. The van der Waals surface area contributed by atoms with Crippen LogP contribution in [0.15, 0.2) is 47.4 Å². The van der Waals surface area contributed by atoms with E-state index >= 15 is 0 Å². The minimum Gasteiger partial charge on any atom is -0.388 e. The van der Waals surface area contributed by atoms with Gasteiger partial charge in [-0.2, -0.15) is 4.98 Å². The van der Waals surface area contributed by atoms with Crippen molar-refractivity contribution in [1.29, 1.82) is 0 Å². The summed E-state index contributed by atoms with van der Waals surface area (Å²) in [4.78, 5) is 28.8. The second-order valence-electron chi connectivity index (χ2n) is 7.48. The summed E-state index contributed by atoms with van der Waals surface area (Å²) in [5, 5.41) is 13.2. The first-order valence-corrected chi connectivity index (χ1v) is 9.81. The van der Waals surface area contributed by atoms with Gasteiger partial charge in [0.25, 0.3) is 5.91 Å². The van der Waals surface area contributed by atoms with Crippen LogP contribution in [0.2, 0.25) is 0 Å². The molecule has 1 amide bonds. The molecule has 156 valence electrons. The van der Waals surface area contributed by atoms with Gasteiger partial charge < -0.3 is 19.9 Å². The predicted octanol–water partition coefficient (Wildman–Crippen LogP) is 2.21. The Morgan fingerprint density at radius 2 is 2.03 bits per heavy atom. The number of hydrogen-bond acceptors (Lipinski definition) is 6. The van der Waals surface area contributed by atoms with Gasteiger partial charge >= 0.3 is 5.69 Å². The fraction of sp³-hybridized carbons (Fsp3) is 0.476. The largest absolute Gasteiger partial charge is 0.388 e. The monoisotopic (exact) mass is 401 g/mol. The molecule has 2 heterocycles. The van der Waals surface area contributed by atoms with Gasteiger partial charge in [-0.25, -0.2) is 4.79 Å². The Balaban J connectivity index is 1.79. The molecule has 1 aromatic heterocycles. The molecule has 0 saturated carbocycles. The van der Waals surface area contributed by atoms with E-state index in [2.05, 4.69) is 10.3 Å². The minimum absolute atomic E-state index is 0.144. The standard InChI is InChI=1S/C21H27N3O5/c1-4-15-17(25)18(28-12-13(2)3)20(29-15)24-11-10-16(23-21(24)27)22-19(26)14-8-6-5-7-9-14/h5-11,13,15,17-18,20,25H,4,12H2,1-3H3,(H,22,23,26,27)/t15-,17?,18+,20-/m1/s1. The first-order chi connectivity index (χ1) is 13.9. The molecule has 8 heteroatoms. The SMILES string of the molecule is CC[C@H]1O[C@@H](n2ccc(NC(=O)c3ccccc3)nc2=O)[C@@H](OCC(C)C)C1O. The van der Waals surface area contributed by atoms with E-state index < -0.39 is 30.2 Å². The van der Waals surface area contributed by atoms with E-state index in [0.717, 1.165) is 0 Å². The normalized spacial score (nSPS) is 24.0. The molecule has 0 aliphatic carbocycles. The summed E-state index contributed by atoms with van der Waals surface area (Å²) in [6.45, 7) is 6.35. The van der Waals surface area contributed by atoms with Crippen LogP contribution in [0, 0.1) is 5.92 Å². The molecule has 1 aromatic carbocycles. The summed E-state index contributed by atoms with van der Waals surface area (Å²) in [5.41, 5.74) is -0.128. The topological polar surface area (TPSA) is 103 Å². The van der Waals surface area contributed by atoms with Crippen LogP contribution in [0.4, 0.5) is 5.82 Å². The third-order valence-corrected chi connectivity index (χ3v) is 4.72. The summed E-state index contributed by atoms with van der Waals surface area (Å²) >= 11 is 0. The average Bonchev–Trinajstić information content (AvgIpc) is 3.02. The molecule has 29 heavy (non-hydrogen) atoms. The van der Waals surface area contributed by atoms with Gasteiger partial charge in [-0.05, 0) is 30.5 Å².